The zero-order valence-corrected chi connectivity index (χ0v) is 19.5. The van der Waals surface area contributed by atoms with Crippen molar-refractivity contribution in [1.29, 1.82) is 0 Å². The fourth-order valence-electron chi connectivity index (χ4n) is 2.66. The SMILES string of the molecule is CCNC(=NCc1ccc(CS(C)(=O)=O)cc1)N(C)Cc1cccc(F)c1.I. The van der Waals surface area contributed by atoms with Crippen molar-refractivity contribution in [3.63, 3.8) is 0 Å². The van der Waals surface area contributed by atoms with Gasteiger partial charge in [0.1, 0.15) is 5.82 Å². The standard InChI is InChI=1S/C20H26FN3O2S.HI/c1-4-22-20(24(2)14-18-6-5-7-19(21)12-18)23-13-16-8-10-17(11-9-16)15-27(3,25)26;/h5-12H,4,13-15H2,1-3H3,(H,22,23);1H. The Hall–Kier alpha value is -1.68. The van der Waals surface area contributed by atoms with Gasteiger partial charge in [-0.2, -0.15) is 0 Å². The maximum Gasteiger partial charge on any atom is 0.194 e. The number of nitrogens with one attached hydrogen (secondary N) is 1. The number of sulfone groups is 1. The van der Waals surface area contributed by atoms with Gasteiger partial charge in [-0.3, -0.25) is 0 Å². The lowest BCUT2D eigenvalue weighted by Crippen LogP contribution is -2.38. The van der Waals surface area contributed by atoms with Crippen LogP contribution in [0.5, 0.6) is 0 Å². The van der Waals surface area contributed by atoms with E-state index in [1.54, 1.807) is 6.07 Å². The Labute approximate surface area is 184 Å². The molecule has 2 rings (SSSR count). The second-order valence-electron chi connectivity index (χ2n) is 6.54. The molecule has 2 aromatic rings. The maximum atomic E-state index is 13.4. The van der Waals surface area contributed by atoms with Gasteiger partial charge < -0.3 is 10.2 Å². The first-order valence-corrected chi connectivity index (χ1v) is 10.8. The van der Waals surface area contributed by atoms with Crippen LogP contribution in [-0.4, -0.2) is 39.1 Å². The molecule has 2 aromatic carbocycles. The predicted molar refractivity (Wildman–Crippen MR) is 123 cm³/mol. The van der Waals surface area contributed by atoms with Crippen LogP contribution in [-0.2, 0) is 28.7 Å². The van der Waals surface area contributed by atoms with E-state index in [1.807, 2.05) is 49.2 Å². The molecule has 5 nitrogen and oxygen atoms in total. The van der Waals surface area contributed by atoms with E-state index in [4.69, 9.17) is 0 Å². The summed E-state index contributed by atoms with van der Waals surface area (Å²) >= 11 is 0. The molecule has 0 atom stereocenters. The molecule has 0 aliphatic heterocycles. The van der Waals surface area contributed by atoms with Gasteiger partial charge in [-0.25, -0.2) is 17.8 Å². The average Bonchev–Trinajstić information content (AvgIpc) is 2.58. The number of halogens is 2. The monoisotopic (exact) mass is 519 g/mol. The second kappa shape index (κ2) is 11.4. The third-order valence-electron chi connectivity index (χ3n) is 3.87. The minimum atomic E-state index is -3.04. The minimum absolute atomic E-state index is 0. The number of aliphatic imine (C=N–C) groups is 1. The summed E-state index contributed by atoms with van der Waals surface area (Å²) in [5.41, 5.74) is 2.62. The molecule has 0 aliphatic carbocycles. The highest BCUT2D eigenvalue weighted by Crippen LogP contribution is 2.10. The van der Waals surface area contributed by atoms with E-state index in [9.17, 15) is 12.8 Å². The van der Waals surface area contributed by atoms with Gasteiger partial charge >= 0.3 is 0 Å². The van der Waals surface area contributed by atoms with Gasteiger partial charge in [0.2, 0.25) is 0 Å². The fourth-order valence-corrected chi connectivity index (χ4v) is 3.46. The zero-order chi connectivity index (χ0) is 19.9. The van der Waals surface area contributed by atoms with Crippen LogP contribution in [0.4, 0.5) is 4.39 Å². The lowest BCUT2D eigenvalue weighted by molar-refractivity contribution is 0.475. The van der Waals surface area contributed by atoms with Gasteiger partial charge in [-0.15, -0.1) is 24.0 Å². The molecule has 0 saturated heterocycles. The molecule has 0 saturated carbocycles. The number of hydrogen-bond acceptors (Lipinski definition) is 3. The first-order valence-electron chi connectivity index (χ1n) is 8.76. The van der Waals surface area contributed by atoms with E-state index in [0.717, 1.165) is 29.2 Å². The van der Waals surface area contributed by atoms with Crippen LogP contribution in [0.2, 0.25) is 0 Å². The Morgan fingerprint density at radius 2 is 1.75 bits per heavy atom. The first-order chi connectivity index (χ1) is 12.8. The average molecular weight is 519 g/mol. The lowest BCUT2D eigenvalue weighted by Gasteiger charge is -2.22. The van der Waals surface area contributed by atoms with E-state index >= 15 is 0 Å². The van der Waals surface area contributed by atoms with Crippen LogP contribution in [0.15, 0.2) is 53.5 Å². The third kappa shape index (κ3) is 8.55. The molecule has 8 heteroatoms. The van der Waals surface area contributed by atoms with Gasteiger partial charge in [-0.1, -0.05) is 36.4 Å². The quantitative estimate of drug-likeness (QED) is 0.345. The molecular formula is C20H27FIN3O2S. The van der Waals surface area contributed by atoms with Gasteiger partial charge in [0.15, 0.2) is 15.8 Å². The minimum Gasteiger partial charge on any atom is -0.357 e. The van der Waals surface area contributed by atoms with Crippen molar-refractivity contribution in [2.75, 3.05) is 19.8 Å². The largest absolute Gasteiger partial charge is 0.357 e. The van der Waals surface area contributed by atoms with Crippen molar-refractivity contribution in [2.45, 2.75) is 25.8 Å². The van der Waals surface area contributed by atoms with Gasteiger partial charge in [0.05, 0.1) is 12.3 Å². The molecule has 0 radical (unpaired) electrons. The summed E-state index contributed by atoms with van der Waals surface area (Å²) in [7, 11) is -1.13. The van der Waals surface area contributed by atoms with Crippen molar-refractivity contribution in [1.82, 2.24) is 10.2 Å². The molecule has 0 bridgehead atoms. The summed E-state index contributed by atoms with van der Waals surface area (Å²) in [6.45, 7) is 3.72. The molecule has 28 heavy (non-hydrogen) atoms. The fraction of sp³-hybridized carbons (Fsp3) is 0.350. The van der Waals surface area contributed by atoms with Crippen LogP contribution in [0, 0.1) is 5.82 Å². The molecule has 1 N–H and O–H groups in total. The topological polar surface area (TPSA) is 61.8 Å². The van der Waals surface area contributed by atoms with Crippen molar-refractivity contribution in [3.8, 4) is 0 Å². The number of rotatable bonds is 7. The lowest BCUT2D eigenvalue weighted by atomic mass is 10.1. The zero-order valence-electron chi connectivity index (χ0n) is 16.4. The molecule has 0 amide bonds. The number of benzene rings is 2. The first kappa shape index (κ1) is 24.4. The van der Waals surface area contributed by atoms with E-state index in [-0.39, 0.29) is 35.5 Å². The summed E-state index contributed by atoms with van der Waals surface area (Å²) in [6.07, 6.45) is 1.22. The van der Waals surface area contributed by atoms with Crippen LogP contribution < -0.4 is 5.32 Å². The molecule has 154 valence electrons. The Morgan fingerprint density at radius 1 is 1.11 bits per heavy atom. The molecule has 0 aliphatic rings. The Kier molecular flexibility index (Phi) is 9.88. The Morgan fingerprint density at radius 3 is 2.32 bits per heavy atom. The summed E-state index contributed by atoms with van der Waals surface area (Å²) in [4.78, 5) is 6.57. The second-order valence-corrected chi connectivity index (χ2v) is 8.68. The predicted octanol–water partition coefficient (Wildman–Crippen LogP) is 3.59. The van der Waals surface area contributed by atoms with Gasteiger partial charge in [0, 0.05) is 26.4 Å². The highest BCUT2D eigenvalue weighted by atomic mass is 127. The summed E-state index contributed by atoms with van der Waals surface area (Å²) < 4.78 is 36.1. The number of hydrogen-bond donors (Lipinski definition) is 1. The highest BCUT2D eigenvalue weighted by molar-refractivity contribution is 14.0. The normalized spacial score (nSPS) is 11.6. The van der Waals surface area contributed by atoms with E-state index in [2.05, 4.69) is 10.3 Å². The highest BCUT2D eigenvalue weighted by Gasteiger charge is 2.08. The van der Waals surface area contributed by atoms with Crippen molar-refractivity contribution in [3.05, 3.63) is 71.0 Å². The maximum absolute atomic E-state index is 13.4. The Balaban J connectivity index is 0.00000392. The smallest absolute Gasteiger partial charge is 0.194 e. The number of guanidine groups is 1. The summed E-state index contributed by atoms with van der Waals surface area (Å²) in [6, 6.07) is 13.9. The van der Waals surface area contributed by atoms with Crippen molar-refractivity contribution < 1.29 is 12.8 Å². The molecule has 0 fully saturated rings. The molecular weight excluding hydrogens is 492 g/mol. The number of nitrogens with zero attached hydrogens (tertiary/aromatic N) is 2. The van der Waals surface area contributed by atoms with Crippen molar-refractivity contribution >= 4 is 39.8 Å². The Bertz CT molecular complexity index is 887. The molecule has 0 spiro atoms. The van der Waals surface area contributed by atoms with Gasteiger partial charge in [0.25, 0.3) is 0 Å². The molecule has 0 unspecified atom stereocenters. The van der Waals surface area contributed by atoms with E-state index < -0.39 is 9.84 Å². The molecule has 0 aromatic heterocycles. The van der Waals surface area contributed by atoms with Crippen LogP contribution in [0.3, 0.4) is 0 Å². The summed E-state index contributed by atoms with van der Waals surface area (Å²) in [5.74, 6) is 0.509. The molecule has 0 heterocycles. The van der Waals surface area contributed by atoms with Crippen LogP contribution in [0.25, 0.3) is 0 Å². The van der Waals surface area contributed by atoms with Crippen LogP contribution in [0.1, 0.15) is 23.6 Å². The van der Waals surface area contributed by atoms with Crippen LogP contribution >= 0.6 is 24.0 Å². The van der Waals surface area contributed by atoms with E-state index in [0.29, 0.717) is 13.1 Å². The van der Waals surface area contributed by atoms with E-state index in [1.165, 1.54) is 18.4 Å². The third-order valence-corrected chi connectivity index (χ3v) is 4.73. The van der Waals surface area contributed by atoms with Crippen molar-refractivity contribution in [2.24, 2.45) is 4.99 Å². The van der Waals surface area contributed by atoms with Gasteiger partial charge in [-0.05, 0) is 35.7 Å². The summed E-state index contributed by atoms with van der Waals surface area (Å²) in [5, 5.41) is 3.23.